The Labute approximate surface area is 227 Å². The number of phenols is 1. The number of fused-ring (bicyclic) bond motifs is 3. The van der Waals surface area contributed by atoms with Crippen LogP contribution in [0.2, 0.25) is 0 Å². The Bertz CT molecular complexity index is 1450. The van der Waals surface area contributed by atoms with E-state index in [1.165, 1.54) is 17.5 Å². The van der Waals surface area contributed by atoms with E-state index in [1.54, 1.807) is 18.2 Å². The van der Waals surface area contributed by atoms with E-state index < -0.39 is 0 Å². The van der Waals surface area contributed by atoms with Crippen molar-refractivity contribution in [2.75, 3.05) is 36.4 Å². The number of hydrogen-bond donors (Lipinski definition) is 2. The van der Waals surface area contributed by atoms with Crippen molar-refractivity contribution in [3.63, 3.8) is 0 Å². The lowest BCUT2D eigenvalue weighted by molar-refractivity contribution is 0.0703. The highest BCUT2D eigenvalue weighted by Gasteiger charge is 2.50. The summed E-state index contributed by atoms with van der Waals surface area (Å²) in [4.78, 5) is 41.5. The molecule has 3 aromatic rings. The molecule has 4 heterocycles. The lowest BCUT2D eigenvalue weighted by atomic mass is 9.87. The number of anilines is 2. The third-order valence-electron chi connectivity index (χ3n) is 8.90. The van der Waals surface area contributed by atoms with Gasteiger partial charge >= 0.3 is 6.03 Å². The van der Waals surface area contributed by atoms with E-state index in [1.807, 2.05) is 21.9 Å². The molecule has 9 heteroatoms. The van der Waals surface area contributed by atoms with Crippen LogP contribution in [0.25, 0.3) is 0 Å². The fraction of sp³-hybridized carbons (Fsp3) is 0.400. The Hall–Kier alpha value is -4.14. The summed E-state index contributed by atoms with van der Waals surface area (Å²) in [6.07, 6.45) is 6.07. The van der Waals surface area contributed by atoms with E-state index in [0.29, 0.717) is 25.2 Å². The van der Waals surface area contributed by atoms with Gasteiger partial charge in [0.15, 0.2) is 0 Å². The summed E-state index contributed by atoms with van der Waals surface area (Å²) < 4.78 is 0. The average molecular weight is 525 g/mol. The topological polar surface area (TPSA) is 102 Å². The standard InChI is InChI=1S/C30H32N6O3/c37-23-5-6-25-20(15-23)7-14-36(29(39)33-25)22-8-12-34(13-9-22)27-16-26(31-19-32-27)28(38)35-17-21-3-1-2-4-24(21)30(18-35)10-11-30/h1-6,15-16,19,22,37H,7-14,17-18H2,(H,33,39). The molecule has 0 atom stereocenters. The van der Waals surface area contributed by atoms with Crippen LogP contribution in [-0.2, 0) is 18.4 Å². The molecule has 2 fully saturated rings. The van der Waals surface area contributed by atoms with Gasteiger partial charge in [0.25, 0.3) is 5.91 Å². The lowest BCUT2D eigenvalue weighted by Gasteiger charge is -2.38. The molecule has 1 aromatic heterocycles. The molecule has 200 valence electrons. The molecule has 1 spiro atoms. The molecule has 4 aliphatic rings. The Morgan fingerprint density at radius 3 is 2.64 bits per heavy atom. The zero-order chi connectivity index (χ0) is 26.6. The summed E-state index contributed by atoms with van der Waals surface area (Å²) >= 11 is 0. The maximum atomic E-state index is 13.6. The van der Waals surface area contributed by atoms with Gasteiger partial charge in [-0.05, 0) is 67.0 Å². The molecule has 1 aliphatic carbocycles. The van der Waals surface area contributed by atoms with Crippen LogP contribution < -0.4 is 10.2 Å². The van der Waals surface area contributed by atoms with Crippen molar-refractivity contribution < 1.29 is 14.7 Å². The molecule has 0 bridgehead atoms. The summed E-state index contributed by atoms with van der Waals surface area (Å²) in [6, 6.07) is 15.4. The Morgan fingerprint density at radius 1 is 1.00 bits per heavy atom. The molecule has 39 heavy (non-hydrogen) atoms. The number of urea groups is 1. The number of nitrogens with zero attached hydrogens (tertiary/aromatic N) is 5. The maximum absolute atomic E-state index is 13.6. The highest BCUT2D eigenvalue weighted by atomic mass is 16.3. The Morgan fingerprint density at radius 2 is 1.82 bits per heavy atom. The highest BCUT2D eigenvalue weighted by molar-refractivity contribution is 5.93. The van der Waals surface area contributed by atoms with Crippen molar-refractivity contribution in [1.82, 2.24) is 19.8 Å². The minimum absolute atomic E-state index is 0.0406. The number of rotatable bonds is 3. The molecule has 0 unspecified atom stereocenters. The SMILES string of the molecule is O=C(c1cc(N2CCC(N3CCc4cc(O)ccc4NC3=O)CC2)ncn1)N1Cc2ccccc2C2(CC2)C1. The van der Waals surface area contributed by atoms with Crippen LogP contribution in [0.4, 0.5) is 16.3 Å². The van der Waals surface area contributed by atoms with Gasteiger partial charge in [0.1, 0.15) is 23.6 Å². The van der Waals surface area contributed by atoms with Crippen LogP contribution in [0.5, 0.6) is 5.75 Å². The van der Waals surface area contributed by atoms with E-state index in [-0.39, 0.29) is 29.1 Å². The predicted octanol–water partition coefficient (Wildman–Crippen LogP) is 3.93. The quantitative estimate of drug-likeness (QED) is 0.504. The molecule has 1 saturated heterocycles. The van der Waals surface area contributed by atoms with Crippen LogP contribution in [0.1, 0.15) is 52.9 Å². The first-order chi connectivity index (χ1) is 19.0. The van der Waals surface area contributed by atoms with Gasteiger partial charge in [-0.15, -0.1) is 0 Å². The van der Waals surface area contributed by atoms with Gasteiger partial charge < -0.3 is 25.1 Å². The minimum Gasteiger partial charge on any atom is -0.508 e. The maximum Gasteiger partial charge on any atom is 0.322 e. The zero-order valence-corrected chi connectivity index (χ0v) is 21.8. The number of hydrogen-bond acceptors (Lipinski definition) is 6. The molecule has 1 saturated carbocycles. The lowest BCUT2D eigenvalue weighted by Crippen LogP contribution is -2.49. The molecular formula is C30H32N6O3. The number of carbonyl (C=O) groups is 2. The third-order valence-corrected chi connectivity index (χ3v) is 8.90. The van der Waals surface area contributed by atoms with E-state index >= 15 is 0 Å². The zero-order valence-electron chi connectivity index (χ0n) is 21.8. The fourth-order valence-corrected chi connectivity index (χ4v) is 6.60. The molecule has 2 aromatic carbocycles. The van der Waals surface area contributed by atoms with Crippen molar-refractivity contribution in [1.29, 1.82) is 0 Å². The molecule has 3 aliphatic heterocycles. The van der Waals surface area contributed by atoms with E-state index in [4.69, 9.17) is 0 Å². The van der Waals surface area contributed by atoms with Crippen molar-refractivity contribution in [2.24, 2.45) is 0 Å². The van der Waals surface area contributed by atoms with Gasteiger partial charge in [-0.2, -0.15) is 0 Å². The van der Waals surface area contributed by atoms with Gasteiger partial charge in [0.05, 0.1) is 0 Å². The average Bonchev–Trinajstić information content (AvgIpc) is 3.76. The second-order valence-corrected chi connectivity index (χ2v) is 11.3. The van der Waals surface area contributed by atoms with E-state index in [0.717, 1.165) is 62.4 Å². The van der Waals surface area contributed by atoms with Crippen molar-refractivity contribution >= 4 is 23.4 Å². The fourth-order valence-electron chi connectivity index (χ4n) is 6.60. The van der Waals surface area contributed by atoms with E-state index in [2.05, 4.69) is 38.4 Å². The molecular weight excluding hydrogens is 492 g/mol. The van der Waals surface area contributed by atoms with Crippen LogP contribution in [0.15, 0.2) is 54.9 Å². The number of piperidine rings is 1. The molecule has 9 nitrogen and oxygen atoms in total. The third kappa shape index (κ3) is 4.35. The Balaban J connectivity index is 1.01. The number of nitrogens with one attached hydrogen (secondary N) is 1. The number of aromatic nitrogens is 2. The van der Waals surface area contributed by atoms with Crippen molar-refractivity contribution in [2.45, 2.75) is 50.1 Å². The van der Waals surface area contributed by atoms with Gasteiger partial charge in [-0.25, -0.2) is 14.8 Å². The summed E-state index contributed by atoms with van der Waals surface area (Å²) in [6.45, 7) is 3.46. The summed E-state index contributed by atoms with van der Waals surface area (Å²) in [5.41, 5.74) is 4.91. The summed E-state index contributed by atoms with van der Waals surface area (Å²) in [5, 5.41) is 12.8. The van der Waals surface area contributed by atoms with Gasteiger partial charge in [0.2, 0.25) is 0 Å². The van der Waals surface area contributed by atoms with Crippen molar-refractivity contribution in [3.05, 3.63) is 77.2 Å². The molecule has 7 rings (SSSR count). The van der Waals surface area contributed by atoms with Crippen molar-refractivity contribution in [3.8, 4) is 5.75 Å². The number of carbonyl (C=O) groups excluding carboxylic acids is 2. The highest BCUT2D eigenvalue weighted by Crippen LogP contribution is 2.52. The first-order valence-electron chi connectivity index (χ1n) is 13.8. The summed E-state index contributed by atoms with van der Waals surface area (Å²) in [7, 11) is 0. The van der Waals surface area contributed by atoms with Crippen LogP contribution in [0.3, 0.4) is 0 Å². The minimum atomic E-state index is -0.0932. The molecule has 0 radical (unpaired) electrons. The first-order valence-corrected chi connectivity index (χ1v) is 13.8. The number of benzene rings is 2. The van der Waals surface area contributed by atoms with Crippen LogP contribution >= 0.6 is 0 Å². The molecule has 3 amide bonds. The first kappa shape index (κ1) is 23.9. The monoisotopic (exact) mass is 524 g/mol. The molecule has 2 N–H and O–H groups in total. The predicted molar refractivity (Wildman–Crippen MR) is 147 cm³/mol. The van der Waals surface area contributed by atoms with Crippen LogP contribution in [0, 0.1) is 0 Å². The normalized spacial score (nSPS) is 20.2. The number of amides is 3. The van der Waals surface area contributed by atoms with E-state index in [9.17, 15) is 14.7 Å². The second kappa shape index (κ2) is 9.25. The second-order valence-electron chi connectivity index (χ2n) is 11.3. The van der Waals surface area contributed by atoms with Gasteiger partial charge in [-0.3, -0.25) is 4.79 Å². The number of phenolic OH excluding ortho intramolecular Hbond substituents is 1. The van der Waals surface area contributed by atoms with Gasteiger partial charge in [-0.1, -0.05) is 24.3 Å². The Kier molecular flexibility index (Phi) is 5.68. The number of aromatic hydroxyl groups is 1. The smallest absolute Gasteiger partial charge is 0.322 e. The van der Waals surface area contributed by atoms with Gasteiger partial charge in [0, 0.05) is 55.9 Å². The summed E-state index contributed by atoms with van der Waals surface area (Å²) in [5.74, 6) is 0.930. The largest absolute Gasteiger partial charge is 0.508 e. The van der Waals surface area contributed by atoms with Crippen LogP contribution in [-0.4, -0.2) is 69.0 Å².